The fourth-order valence-electron chi connectivity index (χ4n) is 14.7. The highest BCUT2D eigenvalue weighted by molar-refractivity contribution is 6.12. The summed E-state index contributed by atoms with van der Waals surface area (Å²) in [4.78, 5) is 36.5. The summed E-state index contributed by atoms with van der Waals surface area (Å²) in [6.07, 6.45) is 16.3. The van der Waals surface area contributed by atoms with Crippen LogP contribution in [0.25, 0.3) is 166 Å². The first-order chi connectivity index (χ1) is 59.3. The number of hydrogen-bond donors (Lipinski definition) is 0. The number of halogens is 16. The molecule has 11 nitrogen and oxygen atoms in total. The molecule has 0 radical (unpaired) electrons. The van der Waals surface area contributed by atoms with E-state index in [2.05, 4.69) is 44.9 Å². The van der Waals surface area contributed by atoms with Crippen LogP contribution in [0.4, 0.5) is 70.2 Å². The molecule has 20 aromatic rings. The van der Waals surface area contributed by atoms with Crippen LogP contribution in [0.15, 0.2) is 299 Å². The molecule has 122 heavy (non-hydrogen) atoms. The molecule has 0 aliphatic carbocycles. The minimum Gasteiger partial charge on any atom is -0.309 e. The molecule has 10 heterocycles. The van der Waals surface area contributed by atoms with Crippen molar-refractivity contribution in [1.29, 1.82) is 0 Å². The smallest absolute Gasteiger partial charge is 0.173 e. The van der Waals surface area contributed by atoms with Crippen LogP contribution in [-0.4, -0.2) is 54.0 Å². The van der Waals surface area contributed by atoms with Gasteiger partial charge < -0.3 is 4.57 Å². The summed E-state index contributed by atoms with van der Waals surface area (Å²) in [5.74, 6) is -24.0. The summed E-state index contributed by atoms with van der Waals surface area (Å²) in [5, 5.41) is 2.34. The van der Waals surface area contributed by atoms with Gasteiger partial charge in [-0.05, 0) is 144 Å². The minimum atomic E-state index is -1.52. The van der Waals surface area contributed by atoms with E-state index < -0.39 is 138 Å². The van der Waals surface area contributed by atoms with Crippen LogP contribution in [0.1, 0.15) is 0 Å². The van der Waals surface area contributed by atoms with Gasteiger partial charge in [0.15, 0.2) is 98.9 Å². The van der Waals surface area contributed by atoms with Gasteiger partial charge in [0.1, 0.15) is 0 Å². The fraction of sp³-hybridized carbons (Fsp3) is 0. The lowest BCUT2D eigenvalue weighted by atomic mass is 9.92. The molecule has 0 N–H and O–H groups in total. The Balaban J connectivity index is 0.000000120. The maximum absolute atomic E-state index is 16.1. The predicted octanol–water partition coefficient (Wildman–Crippen LogP) is 25.4. The normalized spacial score (nSPS) is 11.3. The third-order valence-electron chi connectivity index (χ3n) is 20.1. The van der Waals surface area contributed by atoms with Crippen molar-refractivity contribution in [3.63, 3.8) is 0 Å². The van der Waals surface area contributed by atoms with Gasteiger partial charge in [-0.3, -0.25) is 44.4 Å². The summed E-state index contributed by atoms with van der Waals surface area (Å²) in [5.41, 5.74) is -2.03. The molecule has 0 amide bonds. The average Bonchev–Trinajstić information content (AvgIpc) is 1.09. The van der Waals surface area contributed by atoms with Crippen molar-refractivity contribution < 1.29 is 70.2 Å². The number of fused-ring (bicyclic) bond motifs is 8. The largest absolute Gasteiger partial charge is 0.309 e. The van der Waals surface area contributed by atoms with Gasteiger partial charge in [0, 0.05) is 124 Å². The highest BCUT2D eigenvalue weighted by Gasteiger charge is 2.35. The Bertz CT molecular complexity index is 6770. The monoisotopic (exact) mass is 1650 g/mol. The van der Waals surface area contributed by atoms with Crippen molar-refractivity contribution in [1.82, 2.24) is 54.0 Å². The highest BCUT2D eigenvalue weighted by atomic mass is 19.2. The van der Waals surface area contributed by atoms with Crippen molar-refractivity contribution >= 4 is 65.5 Å². The maximum atomic E-state index is 16.1. The number of para-hydroxylation sites is 5. The van der Waals surface area contributed by atoms with E-state index in [-0.39, 0.29) is 44.9 Å². The number of hydrogen-bond acceptors (Lipinski definition) is 9. The third-order valence-corrected chi connectivity index (χ3v) is 20.1. The molecule has 0 atom stereocenters. The van der Waals surface area contributed by atoms with E-state index in [0.29, 0.717) is 76.9 Å². The van der Waals surface area contributed by atoms with Crippen molar-refractivity contribution in [3.05, 3.63) is 392 Å². The van der Waals surface area contributed by atoms with E-state index in [1.54, 1.807) is 169 Å². The lowest BCUT2D eigenvalue weighted by Crippen LogP contribution is -2.09. The fourth-order valence-corrected chi connectivity index (χ4v) is 14.7. The Morgan fingerprint density at radius 1 is 0.221 bits per heavy atom. The van der Waals surface area contributed by atoms with E-state index in [0.717, 1.165) is 12.4 Å². The minimum absolute atomic E-state index is 0.00378. The van der Waals surface area contributed by atoms with Crippen LogP contribution in [0.5, 0.6) is 0 Å². The van der Waals surface area contributed by atoms with Gasteiger partial charge >= 0.3 is 0 Å². The predicted molar refractivity (Wildman–Crippen MR) is 432 cm³/mol. The van der Waals surface area contributed by atoms with Crippen LogP contribution < -0.4 is 0 Å². The number of rotatable bonds is 10. The molecule has 0 fully saturated rings. The van der Waals surface area contributed by atoms with Crippen LogP contribution in [0.2, 0.25) is 0 Å². The van der Waals surface area contributed by atoms with Crippen LogP contribution in [-0.2, 0) is 0 Å². The standard InChI is InChI=1S/C33H19F4N3.C30H14F4N4.2C16H8F4N2/c34-29-27(26-19-20-11-7-9-17-24(20)39(26)21-12-3-1-4-13-21)30(35)32(37)28(31(29)36)33-38-23-16-8-10-18-25(23)40(33)22-14-5-2-6-15-22;31-23-21(19-13-15-5-1-9-35-27(15)29-17(19)7-3-11-37-29)24(32)26(34)22(25(23)33)20-14-16-6-2-10-36-28(16)30-18(20)8-4-12-38-30;17-13-11(9-1-5-21-6-2-9)14(18)16(20)12(15(13)19)10-3-7-22-8-4-10;17-13-11(9-3-1-5-21-7-9)14(18)16(20)12(15(13)19)10-4-2-6-22-8-10/h1-19H;1-14H;2*1-8H. The highest BCUT2D eigenvalue weighted by Crippen LogP contribution is 2.47. The quantitative estimate of drug-likeness (QED) is 0.0747. The lowest BCUT2D eigenvalue weighted by Gasteiger charge is -2.16. The van der Waals surface area contributed by atoms with Gasteiger partial charge in [0.05, 0.1) is 88.8 Å². The van der Waals surface area contributed by atoms with E-state index in [9.17, 15) is 35.1 Å². The molecular weight excluding hydrogens is 1600 g/mol. The van der Waals surface area contributed by atoms with Gasteiger partial charge in [-0.15, -0.1) is 0 Å². The van der Waals surface area contributed by atoms with Crippen molar-refractivity contribution in [3.8, 4) is 101 Å². The zero-order chi connectivity index (χ0) is 84.7. The van der Waals surface area contributed by atoms with Gasteiger partial charge in [0.2, 0.25) is 0 Å². The molecule has 27 heteroatoms. The molecule has 0 aliphatic heterocycles. The molecule has 0 spiro atoms. The SMILES string of the molecule is Fc1c(F)c(-c2cc3cccnc3c3ncccc23)c(F)c(F)c1-c1cc2cccnc2c2ncccc12.Fc1c(F)c(-c2cccnc2)c(F)c(F)c1-c1cccnc1.Fc1c(F)c(-c2ccncc2)c(F)c(F)c1-c1ccncc1.Fc1c(F)c(-c2nc3ccccc3n2-c2ccccc2)c(F)c(F)c1-c1cc2ccccc2n1-c1ccccc1. The lowest BCUT2D eigenvalue weighted by molar-refractivity contribution is 0.461. The summed E-state index contributed by atoms with van der Waals surface area (Å²) in [7, 11) is 0. The second kappa shape index (κ2) is 33.0. The molecule has 596 valence electrons. The summed E-state index contributed by atoms with van der Waals surface area (Å²) < 4.78 is 245. The average molecular weight is 1650 g/mol. The molecular formula is C95H49F16N11. The number of benzene rings is 10. The molecule has 0 bridgehead atoms. The molecule has 0 aliphatic rings. The van der Waals surface area contributed by atoms with E-state index in [1.807, 2.05) is 6.07 Å². The van der Waals surface area contributed by atoms with Gasteiger partial charge in [0.25, 0.3) is 0 Å². The first kappa shape index (κ1) is 78.8. The van der Waals surface area contributed by atoms with Crippen molar-refractivity contribution in [2.24, 2.45) is 0 Å². The third kappa shape index (κ3) is 14.0. The maximum Gasteiger partial charge on any atom is 0.173 e. The van der Waals surface area contributed by atoms with E-state index >= 15 is 35.1 Å². The Labute approximate surface area is 679 Å². The number of pyridine rings is 8. The second-order valence-electron chi connectivity index (χ2n) is 27.1. The molecule has 20 rings (SSSR count). The van der Waals surface area contributed by atoms with Gasteiger partial charge in [-0.25, -0.2) is 75.2 Å². The molecule has 0 saturated carbocycles. The second-order valence-corrected chi connectivity index (χ2v) is 27.1. The topological polar surface area (TPSA) is 126 Å². The van der Waals surface area contributed by atoms with E-state index in [1.165, 1.54) is 121 Å². The number of imidazole rings is 1. The van der Waals surface area contributed by atoms with E-state index in [4.69, 9.17) is 0 Å². The van der Waals surface area contributed by atoms with Crippen molar-refractivity contribution in [2.45, 2.75) is 0 Å². The molecule has 10 aromatic carbocycles. The zero-order valence-electron chi connectivity index (χ0n) is 62.3. The zero-order valence-corrected chi connectivity index (χ0v) is 62.3. The Morgan fingerprint density at radius 3 is 0.984 bits per heavy atom. The van der Waals surface area contributed by atoms with Crippen LogP contribution >= 0.6 is 0 Å². The van der Waals surface area contributed by atoms with Gasteiger partial charge in [-0.1, -0.05) is 103 Å². The van der Waals surface area contributed by atoms with Gasteiger partial charge in [-0.2, -0.15) is 0 Å². The molecule has 10 aromatic heterocycles. The summed E-state index contributed by atoms with van der Waals surface area (Å²) in [6.45, 7) is 0. The van der Waals surface area contributed by atoms with Crippen molar-refractivity contribution in [2.75, 3.05) is 0 Å². The summed E-state index contributed by atoms with van der Waals surface area (Å²) >= 11 is 0. The number of nitrogens with zero attached hydrogens (tertiary/aromatic N) is 11. The Morgan fingerprint density at radius 2 is 0.557 bits per heavy atom. The molecule has 0 unspecified atom stereocenters. The Hall–Kier alpha value is -15.7. The summed E-state index contributed by atoms with van der Waals surface area (Å²) in [6, 6.07) is 59.7. The Kier molecular flexibility index (Phi) is 21.3. The molecule has 0 saturated heterocycles. The van der Waals surface area contributed by atoms with Crippen LogP contribution in [0.3, 0.4) is 0 Å². The first-order valence-electron chi connectivity index (χ1n) is 36.8. The first-order valence-corrected chi connectivity index (χ1v) is 36.8. The number of aromatic nitrogens is 11. The van der Waals surface area contributed by atoms with Crippen LogP contribution in [0, 0.1) is 93.1 Å².